The highest BCUT2D eigenvalue weighted by molar-refractivity contribution is 5.91. The van der Waals surface area contributed by atoms with Crippen LogP contribution in [0.25, 0.3) is 0 Å². The van der Waals surface area contributed by atoms with Gasteiger partial charge in [-0.1, -0.05) is 39.0 Å². The maximum atomic E-state index is 12.3. The van der Waals surface area contributed by atoms with Gasteiger partial charge in [-0.2, -0.15) is 0 Å². The van der Waals surface area contributed by atoms with Crippen LogP contribution in [0.3, 0.4) is 0 Å². The largest absolute Gasteiger partial charge is 0.494 e. The first-order valence-corrected chi connectivity index (χ1v) is 11.4. The van der Waals surface area contributed by atoms with E-state index in [1.807, 2.05) is 37.3 Å². The third-order valence-corrected chi connectivity index (χ3v) is 5.77. The Bertz CT molecular complexity index is 795. The molecule has 6 heteroatoms. The van der Waals surface area contributed by atoms with Gasteiger partial charge in [0, 0.05) is 18.5 Å². The second-order valence-corrected chi connectivity index (χ2v) is 8.58. The van der Waals surface area contributed by atoms with E-state index in [9.17, 15) is 9.59 Å². The van der Waals surface area contributed by atoms with Crippen LogP contribution in [0.1, 0.15) is 64.1 Å². The number of hydrogen-bond acceptors (Lipinski definition) is 4. The van der Waals surface area contributed by atoms with E-state index >= 15 is 0 Å². The predicted molar refractivity (Wildman–Crippen MR) is 121 cm³/mol. The number of carbonyl (C=O) groups is 2. The highest BCUT2D eigenvalue weighted by atomic mass is 16.5. The van der Waals surface area contributed by atoms with Gasteiger partial charge in [-0.3, -0.25) is 9.59 Å². The third kappa shape index (κ3) is 8.48. The Morgan fingerprint density at radius 2 is 1.81 bits per heavy atom. The number of nitrogens with one attached hydrogen (secondary N) is 2. The van der Waals surface area contributed by atoms with Crippen LogP contribution < -0.4 is 15.4 Å². The molecular formula is C25H34N2O4. The van der Waals surface area contributed by atoms with Gasteiger partial charge in [0.15, 0.2) is 0 Å². The zero-order chi connectivity index (χ0) is 21.9. The lowest BCUT2D eigenvalue weighted by atomic mass is 9.87. The monoisotopic (exact) mass is 426 g/mol. The first-order valence-electron chi connectivity index (χ1n) is 11.4. The predicted octanol–water partition coefficient (Wildman–Crippen LogP) is 5.30. The molecule has 0 radical (unpaired) electrons. The lowest BCUT2D eigenvalue weighted by Crippen LogP contribution is -2.25. The smallest absolute Gasteiger partial charge is 0.224 e. The molecule has 1 aromatic carbocycles. The van der Waals surface area contributed by atoms with Gasteiger partial charge in [0.05, 0.1) is 19.4 Å². The summed E-state index contributed by atoms with van der Waals surface area (Å²) < 4.78 is 11.1. The average molecular weight is 427 g/mol. The van der Waals surface area contributed by atoms with Crippen molar-refractivity contribution < 1.29 is 18.7 Å². The van der Waals surface area contributed by atoms with Gasteiger partial charge in [0.2, 0.25) is 11.8 Å². The van der Waals surface area contributed by atoms with E-state index in [0.29, 0.717) is 18.7 Å². The van der Waals surface area contributed by atoms with Crippen molar-refractivity contribution in [2.24, 2.45) is 11.8 Å². The van der Waals surface area contributed by atoms with Gasteiger partial charge in [-0.05, 0) is 54.7 Å². The van der Waals surface area contributed by atoms with Crippen molar-refractivity contribution in [3.8, 4) is 5.75 Å². The zero-order valence-electron chi connectivity index (χ0n) is 18.4. The number of furan rings is 1. The third-order valence-electron chi connectivity index (χ3n) is 5.77. The van der Waals surface area contributed by atoms with Crippen molar-refractivity contribution in [1.82, 2.24) is 5.32 Å². The second kappa shape index (κ2) is 12.2. The minimum absolute atomic E-state index is 0.0565. The summed E-state index contributed by atoms with van der Waals surface area (Å²) in [7, 11) is 0. The normalized spacial score (nSPS) is 15.3. The molecule has 2 aromatic rings. The van der Waals surface area contributed by atoms with Crippen LogP contribution in [-0.4, -0.2) is 18.4 Å². The molecule has 3 rings (SSSR count). The molecule has 0 saturated heterocycles. The summed E-state index contributed by atoms with van der Waals surface area (Å²) in [6.07, 6.45) is 10.0. The number of anilines is 1. The fourth-order valence-electron chi connectivity index (χ4n) is 4.04. The van der Waals surface area contributed by atoms with Crippen LogP contribution in [0, 0.1) is 11.8 Å². The van der Waals surface area contributed by atoms with E-state index in [4.69, 9.17) is 9.15 Å². The molecule has 1 saturated carbocycles. The van der Waals surface area contributed by atoms with Crippen LogP contribution in [0.2, 0.25) is 0 Å². The van der Waals surface area contributed by atoms with Gasteiger partial charge in [0.1, 0.15) is 11.5 Å². The SMILES string of the molecule is C[C@@H](CC(=O)NCc1ccco1)CC(=O)Nc1ccc(OCCC2CCCCC2)cc1. The maximum absolute atomic E-state index is 12.3. The molecule has 2 N–H and O–H groups in total. The van der Waals surface area contributed by atoms with Crippen molar-refractivity contribution in [1.29, 1.82) is 0 Å². The van der Waals surface area contributed by atoms with Gasteiger partial charge >= 0.3 is 0 Å². The molecule has 1 atom stereocenters. The number of benzene rings is 1. The molecular weight excluding hydrogens is 392 g/mol. The van der Waals surface area contributed by atoms with Crippen LogP contribution >= 0.6 is 0 Å². The first-order chi connectivity index (χ1) is 15.1. The fraction of sp³-hybridized carbons (Fsp3) is 0.520. The van der Waals surface area contributed by atoms with Crippen molar-refractivity contribution in [3.05, 3.63) is 48.4 Å². The fourth-order valence-corrected chi connectivity index (χ4v) is 4.04. The van der Waals surface area contributed by atoms with Crippen molar-refractivity contribution >= 4 is 17.5 Å². The van der Waals surface area contributed by atoms with E-state index in [1.165, 1.54) is 32.1 Å². The summed E-state index contributed by atoms with van der Waals surface area (Å²) in [6, 6.07) is 11.1. The van der Waals surface area contributed by atoms with E-state index < -0.39 is 0 Å². The number of ether oxygens (including phenoxy) is 1. The molecule has 1 aromatic heterocycles. The summed E-state index contributed by atoms with van der Waals surface area (Å²) in [5.74, 6) is 2.10. The van der Waals surface area contributed by atoms with Gasteiger partial charge in [0.25, 0.3) is 0 Å². The molecule has 1 aliphatic rings. The number of hydrogen-bond donors (Lipinski definition) is 2. The highest BCUT2D eigenvalue weighted by Crippen LogP contribution is 2.26. The van der Waals surface area contributed by atoms with E-state index in [0.717, 1.165) is 30.4 Å². The molecule has 0 aliphatic heterocycles. The lowest BCUT2D eigenvalue weighted by Gasteiger charge is -2.21. The van der Waals surface area contributed by atoms with E-state index in [1.54, 1.807) is 12.3 Å². The molecule has 2 amide bonds. The molecule has 1 heterocycles. The highest BCUT2D eigenvalue weighted by Gasteiger charge is 2.15. The van der Waals surface area contributed by atoms with Crippen molar-refractivity contribution in [2.75, 3.05) is 11.9 Å². The van der Waals surface area contributed by atoms with Crippen molar-refractivity contribution in [3.63, 3.8) is 0 Å². The Hall–Kier alpha value is -2.76. The van der Waals surface area contributed by atoms with Crippen LogP contribution in [-0.2, 0) is 16.1 Å². The summed E-state index contributed by atoms with van der Waals surface area (Å²) >= 11 is 0. The molecule has 31 heavy (non-hydrogen) atoms. The Morgan fingerprint density at radius 1 is 1.06 bits per heavy atom. The summed E-state index contributed by atoms with van der Waals surface area (Å²) in [5, 5.41) is 5.70. The Labute approximate surface area is 184 Å². The minimum Gasteiger partial charge on any atom is -0.494 e. The van der Waals surface area contributed by atoms with Gasteiger partial charge < -0.3 is 19.8 Å². The van der Waals surface area contributed by atoms with E-state index in [2.05, 4.69) is 10.6 Å². The number of amides is 2. The van der Waals surface area contributed by atoms with Crippen LogP contribution in [0.15, 0.2) is 47.1 Å². The number of rotatable bonds is 11. The van der Waals surface area contributed by atoms with Crippen molar-refractivity contribution in [2.45, 2.75) is 64.8 Å². The zero-order valence-corrected chi connectivity index (χ0v) is 18.4. The maximum Gasteiger partial charge on any atom is 0.224 e. The molecule has 168 valence electrons. The molecule has 1 aliphatic carbocycles. The van der Waals surface area contributed by atoms with Gasteiger partial charge in [-0.25, -0.2) is 0 Å². The summed E-state index contributed by atoms with van der Waals surface area (Å²) in [6.45, 7) is 3.00. The Balaban J connectivity index is 1.32. The Morgan fingerprint density at radius 3 is 2.52 bits per heavy atom. The van der Waals surface area contributed by atoms with Gasteiger partial charge in [-0.15, -0.1) is 0 Å². The lowest BCUT2D eigenvalue weighted by molar-refractivity contribution is -0.122. The first kappa shape index (κ1) is 22.9. The summed E-state index contributed by atoms with van der Waals surface area (Å²) in [4.78, 5) is 24.3. The topological polar surface area (TPSA) is 80.6 Å². The molecule has 1 fully saturated rings. The molecule has 0 spiro atoms. The Kier molecular flexibility index (Phi) is 9.00. The summed E-state index contributed by atoms with van der Waals surface area (Å²) in [5.41, 5.74) is 0.735. The van der Waals surface area contributed by atoms with E-state index in [-0.39, 0.29) is 24.2 Å². The molecule has 6 nitrogen and oxygen atoms in total. The second-order valence-electron chi connectivity index (χ2n) is 8.58. The molecule has 0 bridgehead atoms. The number of carbonyl (C=O) groups excluding carboxylic acids is 2. The van der Waals surface area contributed by atoms with Crippen LogP contribution in [0.4, 0.5) is 5.69 Å². The average Bonchev–Trinajstić information content (AvgIpc) is 3.28. The quantitative estimate of drug-likeness (QED) is 0.511. The van der Waals surface area contributed by atoms with Crippen LogP contribution in [0.5, 0.6) is 5.75 Å². The standard InChI is InChI=1S/C25H34N2O4/c1-19(16-24(28)26-18-23-8-5-14-30-23)17-25(29)27-21-9-11-22(12-10-21)31-15-13-20-6-3-2-4-7-20/h5,8-12,14,19-20H,2-4,6-7,13,15-18H2,1H3,(H,26,28)(H,27,29)/t19-/m0/s1. The minimum atomic E-state index is -0.0997. The molecule has 0 unspecified atom stereocenters.